The van der Waals surface area contributed by atoms with Crippen LogP contribution in [-0.4, -0.2) is 24.1 Å². The van der Waals surface area contributed by atoms with Crippen LogP contribution in [0.4, 0.5) is 6.01 Å². The molecule has 2 unspecified atom stereocenters. The summed E-state index contributed by atoms with van der Waals surface area (Å²) in [6, 6.07) is 9.06. The molecule has 4 nitrogen and oxygen atoms in total. The molecule has 1 aliphatic rings. The number of hydrogen-bond donors (Lipinski definition) is 1. The normalized spacial score (nSPS) is 24.7. The highest BCUT2D eigenvalue weighted by molar-refractivity contribution is 5.74. The van der Waals surface area contributed by atoms with Crippen molar-refractivity contribution in [3.63, 3.8) is 0 Å². The van der Waals surface area contributed by atoms with Crippen molar-refractivity contribution in [3.05, 3.63) is 24.3 Å². The van der Waals surface area contributed by atoms with E-state index in [-0.39, 0.29) is 0 Å². The van der Waals surface area contributed by atoms with Crippen LogP contribution in [-0.2, 0) is 0 Å². The topological polar surface area (TPSA) is 55.3 Å². The standard InChI is InChI=1S/C13H17N3O/c1-9-6-10(7-14)8-16(9)13-15-11-4-2-3-5-12(11)17-13/h2-5,9-10H,6-8,14H2,1H3. The Bertz CT molecular complexity index is 489. The van der Waals surface area contributed by atoms with E-state index in [0.29, 0.717) is 12.0 Å². The summed E-state index contributed by atoms with van der Waals surface area (Å²) in [5.41, 5.74) is 7.51. The van der Waals surface area contributed by atoms with E-state index in [1.165, 1.54) is 0 Å². The Morgan fingerprint density at radius 3 is 3.00 bits per heavy atom. The van der Waals surface area contributed by atoms with E-state index in [9.17, 15) is 0 Å². The largest absolute Gasteiger partial charge is 0.423 e. The predicted octanol–water partition coefficient (Wildman–Crippen LogP) is 2.00. The zero-order valence-corrected chi connectivity index (χ0v) is 9.97. The number of nitrogens with zero attached hydrogens (tertiary/aromatic N) is 2. The average molecular weight is 231 g/mol. The number of anilines is 1. The molecule has 0 amide bonds. The van der Waals surface area contributed by atoms with Gasteiger partial charge >= 0.3 is 0 Å². The summed E-state index contributed by atoms with van der Waals surface area (Å²) in [6.45, 7) is 3.89. The summed E-state index contributed by atoms with van der Waals surface area (Å²) in [6.07, 6.45) is 1.12. The molecule has 0 saturated carbocycles. The molecule has 2 atom stereocenters. The van der Waals surface area contributed by atoms with Crippen molar-refractivity contribution in [1.29, 1.82) is 0 Å². The van der Waals surface area contributed by atoms with Gasteiger partial charge in [-0.3, -0.25) is 0 Å². The molecule has 0 aliphatic carbocycles. The van der Waals surface area contributed by atoms with E-state index in [2.05, 4.69) is 16.8 Å². The van der Waals surface area contributed by atoms with Gasteiger partial charge < -0.3 is 15.1 Å². The van der Waals surface area contributed by atoms with Crippen molar-refractivity contribution in [2.45, 2.75) is 19.4 Å². The van der Waals surface area contributed by atoms with Crippen LogP contribution in [0.3, 0.4) is 0 Å². The smallest absolute Gasteiger partial charge is 0.298 e. The zero-order chi connectivity index (χ0) is 11.8. The van der Waals surface area contributed by atoms with Gasteiger partial charge in [0.2, 0.25) is 0 Å². The maximum absolute atomic E-state index is 5.79. The lowest BCUT2D eigenvalue weighted by Gasteiger charge is -2.18. The van der Waals surface area contributed by atoms with Crippen molar-refractivity contribution in [2.24, 2.45) is 11.7 Å². The summed E-state index contributed by atoms with van der Waals surface area (Å²) in [5.74, 6) is 0.556. The minimum Gasteiger partial charge on any atom is -0.423 e. The number of fused-ring (bicyclic) bond motifs is 1. The predicted molar refractivity (Wildman–Crippen MR) is 68.0 cm³/mol. The van der Waals surface area contributed by atoms with Gasteiger partial charge in [0.25, 0.3) is 6.01 Å². The molecular formula is C13H17N3O. The zero-order valence-electron chi connectivity index (χ0n) is 9.97. The van der Waals surface area contributed by atoms with Crippen molar-refractivity contribution in [3.8, 4) is 0 Å². The number of oxazole rings is 1. The number of para-hydroxylation sites is 2. The number of hydrogen-bond acceptors (Lipinski definition) is 4. The highest BCUT2D eigenvalue weighted by atomic mass is 16.4. The van der Waals surface area contributed by atoms with Gasteiger partial charge in [-0.25, -0.2) is 0 Å². The molecule has 2 N–H and O–H groups in total. The van der Waals surface area contributed by atoms with Crippen LogP contribution in [0.25, 0.3) is 11.1 Å². The quantitative estimate of drug-likeness (QED) is 0.859. The minimum atomic E-state index is 0.455. The van der Waals surface area contributed by atoms with E-state index in [1.807, 2.05) is 24.3 Å². The lowest BCUT2D eigenvalue weighted by molar-refractivity contribution is 0.561. The molecule has 17 heavy (non-hydrogen) atoms. The Morgan fingerprint density at radius 1 is 1.47 bits per heavy atom. The van der Waals surface area contributed by atoms with Gasteiger partial charge in [-0.2, -0.15) is 4.98 Å². The number of rotatable bonds is 2. The molecule has 4 heteroatoms. The summed E-state index contributed by atoms with van der Waals surface area (Å²) >= 11 is 0. The Balaban J connectivity index is 1.93. The summed E-state index contributed by atoms with van der Waals surface area (Å²) in [4.78, 5) is 6.75. The van der Waals surface area contributed by atoms with Gasteiger partial charge in [-0.05, 0) is 37.9 Å². The molecular weight excluding hydrogens is 214 g/mol. The van der Waals surface area contributed by atoms with Crippen molar-refractivity contribution < 1.29 is 4.42 Å². The lowest BCUT2D eigenvalue weighted by Crippen LogP contribution is -2.27. The summed E-state index contributed by atoms with van der Waals surface area (Å²) < 4.78 is 5.79. The third-order valence-electron chi connectivity index (χ3n) is 3.52. The number of nitrogens with two attached hydrogens (primary N) is 1. The van der Waals surface area contributed by atoms with Gasteiger partial charge in [0.05, 0.1) is 0 Å². The second kappa shape index (κ2) is 4.04. The second-order valence-corrected chi connectivity index (χ2v) is 4.80. The molecule has 2 aromatic rings. The van der Waals surface area contributed by atoms with Crippen LogP contribution in [0.2, 0.25) is 0 Å². The third kappa shape index (κ3) is 1.78. The minimum absolute atomic E-state index is 0.455. The summed E-state index contributed by atoms with van der Waals surface area (Å²) in [5, 5.41) is 0. The third-order valence-corrected chi connectivity index (χ3v) is 3.52. The van der Waals surface area contributed by atoms with Crippen molar-refractivity contribution in [2.75, 3.05) is 18.0 Å². The van der Waals surface area contributed by atoms with Crippen LogP contribution >= 0.6 is 0 Å². The number of aromatic nitrogens is 1. The first-order valence-corrected chi connectivity index (χ1v) is 6.10. The molecule has 1 aliphatic heterocycles. The molecule has 2 heterocycles. The molecule has 1 aromatic carbocycles. The first-order chi connectivity index (χ1) is 8.28. The lowest BCUT2D eigenvalue weighted by atomic mass is 10.1. The van der Waals surface area contributed by atoms with Crippen molar-refractivity contribution in [1.82, 2.24) is 4.98 Å². The maximum Gasteiger partial charge on any atom is 0.298 e. The van der Waals surface area contributed by atoms with Crippen LogP contribution in [0.15, 0.2) is 28.7 Å². The fourth-order valence-electron chi connectivity index (χ4n) is 2.56. The van der Waals surface area contributed by atoms with Crippen molar-refractivity contribution >= 4 is 17.1 Å². The van der Waals surface area contributed by atoms with Gasteiger partial charge in [0.1, 0.15) is 5.52 Å². The summed E-state index contributed by atoms with van der Waals surface area (Å²) in [7, 11) is 0. The highest BCUT2D eigenvalue weighted by Crippen LogP contribution is 2.30. The highest BCUT2D eigenvalue weighted by Gasteiger charge is 2.31. The van der Waals surface area contributed by atoms with E-state index < -0.39 is 0 Å². The van der Waals surface area contributed by atoms with E-state index in [0.717, 1.165) is 36.6 Å². The molecule has 90 valence electrons. The molecule has 3 rings (SSSR count). The first-order valence-electron chi connectivity index (χ1n) is 6.10. The SMILES string of the molecule is CC1CC(CN)CN1c1nc2ccccc2o1. The Kier molecular flexibility index (Phi) is 2.52. The average Bonchev–Trinajstić information content (AvgIpc) is 2.91. The molecule has 1 aromatic heterocycles. The molecule has 0 radical (unpaired) electrons. The first kappa shape index (κ1) is 10.6. The maximum atomic E-state index is 5.79. The van der Waals surface area contributed by atoms with E-state index in [4.69, 9.17) is 10.2 Å². The van der Waals surface area contributed by atoms with Gasteiger partial charge in [0, 0.05) is 12.6 Å². The van der Waals surface area contributed by atoms with Gasteiger partial charge in [0.15, 0.2) is 5.58 Å². The fraction of sp³-hybridized carbons (Fsp3) is 0.462. The van der Waals surface area contributed by atoms with E-state index in [1.54, 1.807) is 0 Å². The molecule has 0 spiro atoms. The second-order valence-electron chi connectivity index (χ2n) is 4.80. The Hall–Kier alpha value is -1.55. The Labute approximate surface area is 100 Å². The van der Waals surface area contributed by atoms with Gasteiger partial charge in [-0.15, -0.1) is 0 Å². The molecule has 0 bridgehead atoms. The van der Waals surface area contributed by atoms with Crippen LogP contribution in [0.5, 0.6) is 0 Å². The Morgan fingerprint density at radius 2 is 2.29 bits per heavy atom. The monoisotopic (exact) mass is 231 g/mol. The van der Waals surface area contributed by atoms with Crippen LogP contribution in [0, 0.1) is 5.92 Å². The number of benzene rings is 1. The molecule has 1 fully saturated rings. The fourth-order valence-corrected chi connectivity index (χ4v) is 2.56. The van der Waals surface area contributed by atoms with Crippen LogP contribution in [0.1, 0.15) is 13.3 Å². The molecule has 1 saturated heterocycles. The van der Waals surface area contributed by atoms with E-state index >= 15 is 0 Å². The van der Waals surface area contributed by atoms with Crippen LogP contribution < -0.4 is 10.6 Å². The van der Waals surface area contributed by atoms with Gasteiger partial charge in [-0.1, -0.05) is 12.1 Å².